The van der Waals surface area contributed by atoms with Crippen molar-refractivity contribution in [2.24, 2.45) is 5.92 Å². The highest BCUT2D eigenvalue weighted by atomic mass is 127. The number of piperidine rings is 1. The van der Waals surface area contributed by atoms with Gasteiger partial charge in [-0.05, 0) is 89.9 Å². The topological polar surface area (TPSA) is 66.5 Å². The first kappa shape index (κ1) is 20.3. The van der Waals surface area contributed by atoms with Gasteiger partial charge in [-0.1, -0.05) is 6.92 Å². The highest BCUT2D eigenvalue weighted by Gasteiger charge is 2.28. The molecular weight excluding hydrogens is 475 g/mol. The van der Waals surface area contributed by atoms with Crippen LogP contribution in [-0.2, 0) is 10.0 Å². The Bertz CT molecular complexity index is 888. The van der Waals surface area contributed by atoms with Crippen molar-refractivity contribution in [2.45, 2.75) is 24.7 Å². The molecule has 1 aliphatic rings. The van der Waals surface area contributed by atoms with Crippen molar-refractivity contribution >= 4 is 44.1 Å². The van der Waals surface area contributed by atoms with Gasteiger partial charge < -0.3 is 5.32 Å². The van der Waals surface area contributed by atoms with Gasteiger partial charge in [0, 0.05) is 27.9 Å². The number of ketones is 1. The summed E-state index contributed by atoms with van der Waals surface area (Å²) in [5, 5.41) is 3.09. The molecule has 1 heterocycles. The van der Waals surface area contributed by atoms with E-state index < -0.39 is 10.0 Å². The number of nitrogens with zero attached hydrogens (tertiary/aromatic N) is 1. The van der Waals surface area contributed by atoms with Gasteiger partial charge >= 0.3 is 0 Å². The van der Waals surface area contributed by atoms with Gasteiger partial charge in [0.15, 0.2) is 5.78 Å². The number of halogens is 1. The van der Waals surface area contributed by atoms with Gasteiger partial charge in [0.1, 0.15) is 0 Å². The molecule has 0 unspecified atom stereocenters. The molecule has 1 fully saturated rings. The van der Waals surface area contributed by atoms with Gasteiger partial charge in [-0.2, -0.15) is 4.31 Å². The normalized spacial score (nSPS) is 16.2. The quantitative estimate of drug-likeness (QED) is 0.483. The van der Waals surface area contributed by atoms with Crippen LogP contribution in [-0.4, -0.2) is 38.1 Å². The summed E-state index contributed by atoms with van der Waals surface area (Å²) in [5.74, 6) is 0.487. The van der Waals surface area contributed by atoms with E-state index in [1.807, 2.05) is 24.3 Å². The Labute approximate surface area is 174 Å². The molecule has 0 amide bonds. The lowest BCUT2D eigenvalue weighted by Gasteiger charge is -2.29. The molecule has 27 heavy (non-hydrogen) atoms. The second kappa shape index (κ2) is 8.70. The molecule has 2 aromatic rings. The Hall–Kier alpha value is -1.45. The fourth-order valence-corrected chi connectivity index (χ4v) is 4.87. The van der Waals surface area contributed by atoms with Crippen LogP contribution in [0.1, 0.15) is 30.1 Å². The maximum atomic E-state index is 12.7. The summed E-state index contributed by atoms with van der Waals surface area (Å²) in [6, 6.07) is 14.0. The van der Waals surface area contributed by atoms with Crippen LogP contribution >= 0.6 is 22.6 Å². The predicted molar refractivity (Wildman–Crippen MR) is 116 cm³/mol. The molecule has 0 aliphatic carbocycles. The maximum Gasteiger partial charge on any atom is 0.243 e. The summed E-state index contributed by atoms with van der Waals surface area (Å²) in [7, 11) is -3.48. The molecular formula is C20H23IN2O3S. The minimum atomic E-state index is -3.48. The molecule has 0 saturated carbocycles. The summed E-state index contributed by atoms with van der Waals surface area (Å²) >= 11 is 2.23. The Morgan fingerprint density at radius 3 is 2.26 bits per heavy atom. The molecule has 0 atom stereocenters. The average Bonchev–Trinajstić information content (AvgIpc) is 2.68. The molecule has 7 heteroatoms. The highest BCUT2D eigenvalue weighted by molar-refractivity contribution is 14.1. The van der Waals surface area contributed by atoms with E-state index in [4.69, 9.17) is 0 Å². The van der Waals surface area contributed by atoms with E-state index in [0.717, 1.165) is 22.1 Å². The molecule has 144 valence electrons. The van der Waals surface area contributed by atoms with E-state index in [2.05, 4.69) is 34.8 Å². The van der Waals surface area contributed by atoms with Gasteiger partial charge in [-0.15, -0.1) is 0 Å². The van der Waals surface area contributed by atoms with Crippen LogP contribution in [0, 0.1) is 9.49 Å². The number of Topliss-reactive ketones (excluding diaryl/α,β-unsaturated/α-hetero) is 1. The zero-order valence-corrected chi connectivity index (χ0v) is 18.2. The summed E-state index contributed by atoms with van der Waals surface area (Å²) in [6.45, 7) is 3.43. The van der Waals surface area contributed by atoms with Crippen molar-refractivity contribution in [2.75, 3.05) is 25.0 Å². The second-order valence-electron chi connectivity index (χ2n) is 6.89. The Balaban J connectivity index is 1.63. The predicted octanol–water partition coefficient (Wildman–Crippen LogP) is 4.01. The molecule has 0 radical (unpaired) electrons. The first-order valence-electron chi connectivity index (χ1n) is 8.99. The number of nitrogens with one attached hydrogen (secondary N) is 1. The SMILES string of the molecule is CC1CCN(S(=O)(=O)c2ccc(C(=O)CNc3ccc(I)cc3)cc2)CC1. The minimum Gasteiger partial charge on any atom is -0.378 e. The Morgan fingerprint density at radius 1 is 1.07 bits per heavy atom. The Kier molecular flexibility index (Phi) is 6.54. The molecule has 2 aromatic carbocycles. The first-order valence-corrected chi connectivity index (χ1v) is 11.5. The highest BCUT2D eigenvalue weighted by Crippen LogP contribution is 2.23. The number of benzene rings is 2. The van der Waals surface area contributed by atoms with Crippen LogP contribution in [0.5, 0.6) is 0 Å². The molecule has 0 aromatic heterocycles. The number of anilines is 1. The fourth-order valence-electron chi connectivity index (χ4n) is 3.04. The van der Waals surface area contributed by atoms with Crippen molar-refractivity contribution in [3.05, 3.63) is 57.7 Å². The van der Waals surface area contributed by atoms with Crippen molar-refractivity contribution in [1.29, 1.82) is 0 Å². The van der Waals surface area contributed by atoms with E-state index in [1.165, 1.54) is 12.1 Å². The van der Waals surface area contributed by atoms with Gasteiger partial charge in [-0.3, -0.25) is 4.79 Å². The van der Waals surface area contributed by atoms with Crippen LogP contribution in [0.25, 0.3) is 0 Å². The van der Waals surface area contributed by atoms with Gasteiger partial charge in [0.25, 0.3) is 0 Å². The lowest BCUT2D eigenvalue weighted by Crippen LogP contribution is -2.37. The van der Waals surface area contributed by atoms with Gasteiger partial charge in [0.05, 0.1) is 11.4 Å². The summed E-state index contributed by atoms with van der Waals surface area (Å²) < 4.78 is 28.2. The van der Waals surface area contributed by atoms with Crippen molar-refractivity contribution in [3.8, 4) is 0 Å². The second-order valence-corrected chi connectivity index (χ2v) is 10.1. The van der Waals surface area contributed by atoms with Crippen LogP contribution < -0.4 is 5.32 Å². The van der Waals surface area contributed by atoms with Crippen molar-refractivity contribution in [3.63, 3.8) is 0 Å². The third-order valence-electron chi connectivity index (χ3n) is 4.85. The van der Waals surface area contributed by atoms with Crippen molar-refractivity contribution in [1.82, 2.24) is 4.31 Å². The Morgan fingerprint density at radius 2 is 1.67 bits per heavy atom. The summed E-state index contributed by atoms with van der Waals surface area (Å²) in [4.78, 5) is 12.6. The number of carbonyl (C=O) groups excluding carboxylic acids is 1. The van der Waals surface area contributed by atoms with Crippen LogP contribution in [0.3, 0.4) is 0 Å². The third-order valence-corrected chi connectivity index (χ3v) is 7.49. The van der Waals surface area contributed by atoms with Crippen LogP contribution in [0.2, 0.25) is 0 Å². The molecule has 0 bridgehead atoms. The molecule has 1 N–H and O–H groups in total. The molecule has 5 nitrogen and oxygen atoms in total. The van der Waals surface area contributed by atoms with E-state index in [1.54, 1.807) is 16.4 Å². The third kappa shape index (κ3) is 5.08. The molecule has 3 rings (SSSR count). The van der Waals surface area contributed by atoms with E-state index >= 15 is 0 Å². The minimum absolute atomic E-state index is 0.0794. The first-order chi connectivity index (χ1) is 12.9. The zero-order valence-electron chi connectivity index (χ0n) is 15.2. The zero-order chi connectivity index (χ0) is 19.4. The van der Waals surface area contributed by atoms with Crippen LogP contribution in [0.15, 0.2) is 53.4 Å². The maximum absolute atomic E-state index is 12.7. The van der Waals surface area contributed by atoms with Gasteiger partial charge in [0.2, 0.25) is 10.0 Å². The smallest absolute Gasteiger partial charge is 0.243 e. The number of rotatable bonds is 6. The number of carbonyl (C=O) groups is 1. The van der Waals surface area contributed by atoms with Gasteiger partial charge in [-0.25, -0.2) is 8.42 Å². The largest absolute Gasteiger partial charge is 0.378 e. The fraction of sp³-hybridized carbons (Fsp3) is 0.350. The standard InChI is InChI=1S/C20H23IN2O3S/c1-15-10-12-23(13-11-15)27(25,26)19-8-2-16(3-9-19)20(24)14-22-18-6-4-17(21)5-7-18/h2-9,15,22H,10-14H2,1H3. The van der Waals surface area contributed by atoms with E-state index in [-0.39, 0.29) is 17.2 Å². The van der Waals surface area contributed by atoms with E-state index in [0.29, 0.717) is 24.6 Å². The van der Waals surface area contributed by atoms with Crippen LogP contribution in [0.4, 0.5) is 5.69 Å². The van der Waals surface area contributed by atoms with E-state index in [9.17, 15) is 13.2 Å². The lowest BCUT2D eigenvalue weighted by molar-refractivity contribution is 0.101. The molecule has 0 spiro atoms. The lowest BCUT2D eigenvalue weighted by atomic mass is 10.0. The summed E-state index contributed by atoms with van der Waals surface area (Å²) in [5.41, 5.74) is 1.38. The monoisotopic (exact) mass is 498 g/mol. The summed E-state index contributed by atoms with van der Waals surface area (Å²) in [6.07, 6.45) is 1.78. The molecule has 1 saturated heterocycles. The number of sulfonamides is 1. The average molecular weight is 498 g/mol. The number of hydrogen-bond acceptors (Lipinski definition) is 4. The molecule has 1 aliphatic heterocycles. The van der Waals surface area contributed by atoms with Crippen molar-refractivity contribution < 1.29 is 13.2 Å². The number of hydrogen-bond donors (Lipinski definition) is 1.